The third-order valence-electron chi connectivity index (χ3n) is 10.6. The van der Waals surface area contributed by atoms with Crippen molar-refractivity contribution < 1.29 is 8.83 Å². The molecule has 56 heavy (non-hydrogen) atoms. The molecule has 0 saturated carbocycles. The van der Waals surface area contributed by atoms with Gasteiger partial charge in [0, 0.05) is 38.2 Å². The first-order chi connectivity index (χ1) is 27.7. The maximum Gasteiger partial charge on any atom is 0.164 e. The molecule has 0 aliphatic carbocycles. The fourth-order valence-corrected chi connectivity index (χ4v) is 7.74. The third-order valence-corrected chi connectivity index (χ3v) is 10.6. The molecule has 5 heteroatoms. The highest BCUT2D eigenvalue weighted by atomic mass is 16.3. The molecule has 0 atom stereocenters. The molecule has 11 aromatic rings. The van der Waals surface area contributed by atoms with E-state index in [4.69, 9.17) is 23.8 Å². The Balaban J connectivity index is 0.952. The Kier molecular flexibility index (Phi) is 7.42. The fourth-order valence-electron chi connectivity index (χ4n) is 7.74. The van der Waals surface area contributed by atoms with E-state index in [0.717, 1.165) is 71.7 Å². The van der Waals surface area contributed by atoms with Crippen molar-refractivity contribution >= 4 is 43.9 Å². The first kappa shape index (κ1) is 31.9. The van der Waals surface area contributed by atoms with Gasteiger partial charge in [-0.3, -0.25) is 0 Å². The summed E-state index contributed by atoms with van der Waals surface area (Å²) in [6.07, 6.45) is 0. The van der Waals surface area contributed by atoms with Gasteiger partial charge in [-0.05, 0) is 69.8 Å². The van der Waals surface area contributed by atoms with E-state index in [2.05, 4.69) is 115 Å². The normalized spacial score (nSPS) is 11.6. The molecule has 0 aliphatic rings. The maximum absolute atomic E-state index is 6.56. The highest BCUT2D eigenvalue weighted by molar-refractivity contribution is 6.12. The van der Waals surface area contributed by atoms with Crippen LogP contribution in [-0.2, 0) is 0 Å². The summed E-state index contributed by atoms with van der Waals surface area (Å²) in [6, 6.07) is 64.7. The number of hydrogen-bond acceptors (Lipinski definition) is 5. The van der Waals surface area contributed by atoms with Crippen molar-refractivity contribution in [2.24, 2.45) is 0 Å². The zero-order valence-corrected chi connectivity index (χ0v) is 30.1. The summed E-state index contributed by atoms with van der Waals surface area (Å²) < 4.78 is 12.8. The Bertz CT molecular complexity index is 3220. The molecule has 0 amide bonds. The summed E-state index contributed by atoms with van der Waals surface area (Å²) in [4.78, 5) is 15.1. The van der Waals surface area contributed by atoms with Crippen LogP contribution >= 0.6 is 0 Å². The highest BCUT2D eigenvalue weighted by Gasteiger charge is 2.19. The lowest BCUT2D eigenvalue weighted by Crippen LogP contribution is -2.00. The second-order valence-electron chi connectivity index (χ2n) is 14.0. The number of nitrogens with zero attached hydrogens (tertiary/aromatic N) is 3. The summed E-state index contributed by atoms with van der Waals surface area (Å²) in [6.45, 7) is 0. The number of benzene rings is 8. The average Bonchev–Trinajstić information content (AvgIpc) is 3.85. The fraction of sp³-hybridized carbons (Fsp3) is 0. The van der Waals surface area contributed by atoms with Gasteiger partial charge in [0.1, 0.15) is 22.3 Å². The van der Waals surface area contributed by atoms with Crippen molar-refractivity contribution in [3.63, 3.8) is 0 Å². The van der Waals surface area contributed by atoms with Crippen LogP contribution in [0.1, 0.15) is 0 Å². The molecule has 0 fully saturated rings. The Hall–Kier alpha value is -7.63. The molecule has 3 aromatic heterocycles. The van der Waals surface area contributed by atoms with Gasteiger partial charge in [0.25, 0.3) is 0 Å². The van der Waals surface area contributed by atoms with Gasteiger partial charge in [-0.2, -0.15) is 0 Å². The van der Waals surface area contributed by atoms with Crippen molar-refractivity contribution in [2.75, 3.05) is 0 Å². The van der Waals surface area contributed by atoms with Gasteiger partial charge in [-0.1, -0.05) is 152 Å². The molecule has 0 unspecified atom stereocenters. The zero-order chi connectivity index (χ0) is 37.0. The number of para-hydroxylation sites is 1. The van der Waals surface area contributed by atoms with E-state index in [9.17, 15) is 0 Å². The van der Waals surface area contributed by atoms with E-state index in [0.29, 0.717) is 17.5 Å². The molecule has 0 spiro atoms. The highest BCUT2D eigenvalue weighted by Crippen LogP contribution is 2.38. The van der Waals surface area contributed by atoms with Crippen LogP contribution in [0.5, 0.6) is 0 Å². The van der Waals surface area contributed by atoms with Gasteiger partial charge in [-0.15, -0.1) is 0 Å². The quantitative estimate of drug-likeness (QED) is 0.171. The van der Waals surface area contributed by atoms with Crippen LogP contribution in [0.25, 0.3) is 111 Å². The molecule has 262 valence electrons. The monoisotopic (exact) mass is 717 g/mol. The molecular weight excluding hydrogens is 687 g/mol. The Morgan fingerprint density at radius 2 is 0.714 bits per heavy atom. The second-order valence-corrected chi connectivity index (χ2v) is 14.0. The zero-order valence-electron chi connectivity index (χ0n) is 30.1. The van der Waals surface area contributed by atoms with E-state index in [1.54, 1.807) is 0 Å². The molecule has 8 aromatic carbocycles. The van der Waals surface area contributed by atoms with Crippen molar-refractivity contribution in [1.29, 1.82) is 0 Å². The molecular formula is C51H31N3O2. The van der Waals surface area contributed by atoms with Gasteiger partial charge in [0.15, 0.2) is 17.5 Å². The molecule has 0 bridgehead atoms. The summed E-state index contributed by atoms with van der Waals surface area (Å²) in [5.41, 5.74) is 12.9. The average molecular weight is 718 g/mol. The minimum atomic E-state index is 0.566. The summed E-state index contributed by atoms with van der Waals surface area (Å²) in [5, 5.41) is 4.10. The lowest BCUT2D eigenvalue weighted by molar-refractivity contribution is 0.668. The minimum Gasteiger partial charge on any atom is -0.456 e. The van der Waals surface area contributed by atoms with Gasteiger partial charge in [0.05, 0.1) is 0 Å². The van der Waals surface area contributed by atoms with E-state index >= 15 is 0 Å². The van der Waals surface area contributed by atoms with E-state index in [-0.39, 0.29) is 0 Å². The van der Waals surface area contributed by atoms with Gasteiger partial charge >= 0.3 is 0 Å². The smallest absolute Gasteiger partial charge is 0.164 e. The molecule has 0 radical (unpaired) electrons. The standard InChI is InChI=1S/C51H31N3O2/c1-3-10-32(11-4-1)33-18-20-34(21-19-33)35-22-24-36(25-23-35)38-26-28-40-41-29-27-39(31-47(41)56-46(40)30-38)50-52-49(37-12-5-2-6-13-37)53-51(54-50)43-15-9-17-45-48(43)42-14-7-8-16-44(42)55-45/h1-31H. The van der Waals surface area contributed by atoms with Crippen LogP contribution < -0.4 is 0 Å². The SMILES string of the molecule is c1ccc(-c2ccc(-c3ccc(-c4ccc5c(c4)oc4cc(-c6nc(-c7ccccc7)nc(-c7cccc8oc9ccccc9c78)n6)ccc45)cc3)cc2)cc1. The summed E-state index contributed by atoms with van der Waals surface area (Å²) in [7, 11) is 0. The maximum atomic E-state index is 6.56. The molecule has 0 N–H and O–H groups in total. The molecule has 5 nitrogen and oxygen atoms in total. The lowest BCUT2D eigenvalue weighted by Gasteiger charge is -2.09. The van der Waals surface area contributed by atoms with Gasteiger partial charge in [0.2, 0.25) is 0 Å². The van der Waals surface area contributed by atoms with Gasteiger partial charge < -0.3 is 8.83 Å². The van der Waals surface area contributed by atoms with Crippen molar-refractivity contribution in [3.8, 4) is 67.5 Å². The van der Waals surface area contributed by atoms with Crippen LogP contribution in [0.4, 0.5) is 0 Å². The topological polar surface area (TPSA) is 65.0 Å². The Labute approximate surface area is 322 Å². The van der Waals surface area contributed by atoms with E-state index in [1.165, 1.54) is 22.3 Å². The van der Waals surface area contributed by atoms with E-state index in [1.807, 2.05) is 72.8 Å². The van der Waals surface area contributed by atoms with Gasteiger partial charge in [-0.25, -0.2) is 15.0 Å². The predicted octanol–water partition coefficient (Wildman–Crippen LogP) is 13.7. The van der Waals surface area contributed by atoms with Crippen molar-refractivity contribution in [1.82, 2.24) is 15.0 Å². The first-order valence-electron chi connectivity index (χ1n) is 18.7. The minimum absolute atomic E-state index is 0.566. The van der Waals surface area contributed by atoms with Crippen molar-refractivity contribution in [2.45, 2.75) is 0 Å². The number of rotatable bonds is 6. The summed E-state index contributed by atoms with van der Waals surface area (Å²) in [5.74, 6) is 1.74. The molecule has 11 rings (SSSR count). The number of furan rings is 2. The third kappa shape index (κ3) is 5.53. The largest absolute Gasteiger partial charge is 0.456 e. The lowest BCUT2D eigenvalue weighted by atomic mass is 9.97. The number of aromatic nitrogens is 3. The predicted molar refractivity (Wildman–Crippen MR) is 227 cm³/mol. The van der Waals surface area contributed by atoms with Crippen LogP contribution in [0.15, 0.2) is 197 Å². The Morgan fingerprint density at radius 3 is 1.38 bits per heavy atom. The van der Waals surface area contributed by atoms with Crippen LogP contribution in [-0.4, -0.2) is 15.0 Å². The van der Waals surface area contributed by atoms with Crippen LogP contribution in [0.3, 0.4) is 0 Å². The molecule has 0 saturated heterocycles. The molecule has 3 heterocycles. The van der Waals surface area contributed by atoms with E-state index < -0.39 is 0 Å². The molecule has 0 aliphatic heterocycles. The second kappa shape index (κ2) is 13.0. The first-order valence-corrected chi connectivity index (χ1v) is 18.7. The summed E-state index contributed by atoms with van der Waals surface area (Å²) >= 11 is 0. The van der Waals surface area contributed by atoms with Crippen molar-refractivity contribution in [3.05, 3.63) is 188 Å². The number of fused-ring (bicyclic) bond motifs is 6. The number of hydrogen-bond donors (Lipinski definition) is 0. The van der Waals surface area contributed by atoms with Crippen LogP contribution in [0, 0.1) is 0 Å². The van der Waals surface area contributed by atoms with Crippen LogP contribution in [0.2, 0.25) is 0 Å². The Morgan fingerprint density at radius 1 is 0.268 bits per heavy atom.